The molecular weight excluding hydrogens is 298 g/mol. The fraction of sp³-hybridized carbons (Fsp3) is 0.214. The second kappa shape index (κ2) is 5.65. The summed E-state index contributed by atoms with van der Waals surface area (Å²) in [5.74, 6) is 0. The summed E-state index contributed by atoms with van der Waals surface area (Å²) in [6, 6.07) is 10.3. The Balaban J connectivity index is 2.20. The lowest BCUT2D eigenvalue weighted by molar-refractivity contribution is 0.934. The second-order valence-corrected chi connectivity index (χ2v) is 5.51. The Morgan fingerprint density at radius 2 is 2.06 bits per heavy atom. The van der Waals surface area contributed by atoms with Gasteiger partial charge in [0.2, 0.25) is 0 Å². The Bertz CT molecular complexity index is 513. The van der Waals surface area contributed by atoms with E-state index in [4.69, 9.17) is 11.6 Å². The maximum atomic E-state index is 6.11. The topological polar surface area (TPSA) is 12.9 Å². The van der Waals surface area contributed by atoms with Gasteiger partial charge in [0, 0.05) is 17.2 Å². The van der Waals surface area contributed by atoms with Gasteiger partial charge in [-0.15, -0.1) is 0 Å². The number of aromatic nitrogens is 1. The number of aryl methyl sites for hydroxylation is 1. The highest BCUT2D eigenvalue weighted by atomic mass is 79.9. The first-order valence-corrected chi connectivity index (χ1v) is 6.76. The lowest BCUT2D eigenvalue weighted by Crippen LogP contribution is -1.98. The van der Waals surface area contributed by atoms with E-state index in [0.29, 0.717) is 0 Å². The van der Waals surface area contributed by atoms with Crippen LogP contribution in [0, 0.1) is 6.92 Å². The molecule has 0 N–H and O–H groups in total. The van der Waals surface area contributed by atoms with Gasteiger partial charge in [0.05, 0.1) is 5.02 Å². The summed E-state index contributed by atoms with van der Waals surface area (Å²) >= 11 is 9.84. The SMILES string of the molecule is Cc1ccccc1C(Br)Cc1ccncc1Cl. The molecule has 2 rings (SSSR count). The zero-order valence-electron chi connectivity index (χ0n) is 9.53. The van der Waals surface area contributed by atoms with Crippen molar-refractivity contribution in [1.82, 2.24) is 4.98 Å². The number of halogens is 2. The molecule has 1 aromatic heterocycles. The molecule has 88 valence electrons. The molecule has 1 unspecified atom stereocenters. The number of hydrogen-bond donors (Lipinski definition) is 0. The summed E-state index contributed by atoms with van der Waals surface area (Å²) in [7, 11) is 0. The zero-order valence-corrected chi connectivity index (χ0v) is 11.9. The van der Waals surface area contributed by atoms with Crippen molar-refractivity contribution in [3.05, 3.63) is 64.4 Å². The fourth-order valence-corrected chi connectivity index (χ4v) is 2.87. The first-order chi connectivity index (χ1) is 8.18. The van der Waals surface area contributed by atoms with Crippen molar-refractivity contribution in [1.29, 1.82) is 0 Å². The van der Waals surface area contributed by atoms with Gasteiger partial charge in [0.25, 0.3) is 0 Å². The number of rotatable bonds is 3. The van der Waals surface area contributed by atoms with Gasteiger partial charge >= 0.3 is 0 Å². The van der Waals surface area contributed by atoms with Crippen LogP contribution in [0.3, 0.4) is 0 Å². The van der Waals surface area contributed by atoms with Crippen molar-refractivity contribution in [3.8, 4) is 0 Å². The monoisotopic (exact) mass is 309 g/mol. The molecule has 2 aromatic rings. The quantitative estimate of drug-likeness (QED) is 0.747. The molecule has 3 heteroatoms. The lowest BCUT2D eigenvalue weighted by Gasteiger charge is -2.13. The number of hydrogen-bond acceptors (Lipinski definition) is 1. The maximum absolute atomic E-state index is 6.11. The summed E-state index contributed by atoms with van der Waals surface area (Å²) < 4.78 is 0. The van der Waals surface area contributed by atoms with Crippen LogP contribution in [0.15, 0.2) is 42.7 Å². The van der Waals surface area contributed by atoms with Gasteiger partial charge in [-0.25, -0.2) is 0 Å². The van der Waals surface area contributed by atoms with Gasteiger partial charge in [-0.2, -0.15) is 0 Å². The molecule has 0 bridgehead atoms. The largest absolute Gasteiger partial charge is 0.263 e. The third-order valence-electron chi connectivity index (χ3n) is 2.78. The van der Waals surface area contributed by atoms with Crippen molar-refractivity contribution < 1.29 is 0 Å². The molecule has 0 radical (unpaired) electrons. The molecule has 0 amide bonds. The van der Waals surface area contributed by atoms with E-state index in [0.717, 1.165) is 17.0 Å². The minimum absolute atomic E-state index is 0.281. The van der Waals surface area contributed by atoms with E-state index < -0.39 is 0 Å². The van der Waals surface area contributed by atoms with Crippen molar-refractivity contribution >= 4 is 27.5 Å². The minimum Gasteiger partial charge on any atom is -0.263 e. The molecule has 1 heterocycles. The molecule has 0 aliphatic rings. The smallest absolute Gasteiger partial charge is 0.0621 e. The van der Waals surface area contributed by atoms with Crippen LogP contribution in [0.4, 0.5) is 0 Å². The van der Waals surface area contributed by atoms with Crippen molar-refractivity contribution in [2.45, 2.75) is 18.2 Å². The van der Waals surface area contributed by atoms with Crippen LogP contribution in [-0.4, -0.2) is 4.98 Å². The second-order valence-electron chi connectivity index (χ2n) is 4.00. The Hall–Kier alpha value is -0.860. The van der Waals surface area contributed by atoms with Crippen LogP contribution in [0.5, 0.6) is 0 Å². The van der Waals surface area contributed by atoms with E-state index in [1.165, 1.54) is 11.1 Å². The maximum Gasteiger partial charge on any atom is 0.0621 e. The summed E-state index contributed by atoms with van der Waals surface area (Å²) in [5.41, 5.74) is 3.71. The van der Waals surface area contributed by atoms with Crippen molar-refractivity contribution in [2.24, 2.45) is 0 Å². The summed E-state index contributed by atoms with van der Waals surface area (Å²) in [5, 5.41) is 0.727. The van der Waals surface area contributed by atoms with E-state index >= 15 is 0 Å². The molecule has 17 heavy (non-hydrogen) atoms. The van der Waals surface area contributed by atoms with Crippen LogP contribution in [0.25, 0.3) is 0 Å². The molecule has 0 spiro atoms. The van der Waals surface area contributed by atoms with Gasteiger partial charge in [0.1, 0.15) is 0 Å². The third kappa shape index (κ3) is 3.08. The van der Waals surface area contributed by atoms with Gasteiger partial charge in [0.15, 0.2) is 0 Å². The molecule has 1 atom stereocenters. The number of nitrogens with zero attached hydrogens (tertiary/aromatic N) is 1. The highest BCUT2D eigenvalue weighted by Gasteiger charge is 2.12. The van der Waals surface area contributed by atoms with Crippen molar-refractivity contribution in [2.75, 3.05) is 0 Å². The predicted octanol–water partition coefficient (Wildman–Crippen LogP) is 4.72. The average molecular weight is 311 g/mol. The van der Waals surface area contributed by atoms with E-state index in [1.54, 1.807) is 12.4 Å². The number of benzene rings is 1. The van der Waals surface area contributed by atoms with Crippen molar-refractivity contribution in [3.63, 3.8) is 0 Å². The lowest BCUT2D eigenvalue weighted by atomic mass is 10.0. The third-order valence-corrected chi connectivity index (χ3v) is 3.94. The van der Waals surface area contributed by atoms with E-state index in [9.17, 15) is 0 Å². The Labute approximate surface area is 115 Å². The Morgan fingerprint density at radius 3 is 2.76 bits per heavy atom. The molecule has 1 nitrogen and oxygen atoms in total. The average Bonchev–Trinajstić information content (AvgIpc) is 2.32. The standard InChI is InChI=1S/C14H13BrClN/c1-10-4-2-3-5-12(10)13(15)8-11-6-7-17-9-14(11)16/h2-7,9,13H,8H2,1H3. The van der Waals surface area contributed by atoms with Gasteiger partial charge < -0.3 is 0 Å². The molecule has 0 fully saturated rings. The van der Waals surface area contributed by atoms with Gasteiger partial charge in [-0.05, 0) is 36.1 Å². The van der Waals surface area contributed by atoms with Gasteiger partial charge in [-0.3, -0.25) is 4.98 Å². The molecule has 0 aliphatic carbocycles. The van der Waals surface area contributed by atoms with Gasteiger partial charge in [-0.1, -0.05) is 51.8 Å². The molecular formula is C14H13BrClN. The number of alkyl halides is 1. The molecule has 0 saturated carbocycles. The van der Waals surface area contributed by atoms with Crippen LogP contribution in [0.1, 0.15) is 21.5 Å². The van der Waals surface area contributed by atoms with Crippen LogP contribution < -0.4 is 0 Å². The van der Waals surface area contributed by atoms with E-state index in [1.807, 2.05) is 6.07 Å². The zero-order chi connectivity index (χ0) is 12.3. The Morgan fingerprint density at radius 1 is 1.29 bits per heavy atom. The van der Waals surface area contributed by atoms with Crippen LogP contribution in [0.2, 0.25) is 5.02 Å². The molecule has 1 aromatic carbocycles. The number of pyridine rings is 1. The predicted molar refractivity (Wildman–Crippen MR) is 75.8 cm³/mol. The summed E-state index contributed by atoms with van der Waals surface area (Å²) in [6.07, 6.45) is 4.33. The summed E-state index contributed by atoms with van der Waals surface area (Å²) in [6.45, 7) is 2.12. The molecule has 0 saturated heterocycles. The highest BCUT2D eigenvalue weighted by Crippen LogP contribution is 2.31. The molecule has 0 aliphatic heterocycles. The minimum atomic E-state index is 0.281. The Kier molecular flexibility index (Phi) is 4.19. The van der Waals surface area contributed by atoms with E-state index in [2.05, 4.69) is 52.1 Å². The van der Waals surface area contributed by atoms with Crippen LogP contribution >= 0.6 is 27.5 Å². The van der Waals surface area contributed by atoms with E-state index in [-0.39, 0.29) is 4.83 Å². The van der Waals surface area contributed by atoms with Crippen LogP contribution in [-0.2, 0) is 6.42 Å². The first-order valence-electron chi connectivity index (χ1n) is 5.46. The highest BCUT2D eigenvalue weighted by molar-refractivity contribution is 9.09. The fourth-order valence-electron chi connectivity index (χ4n) is 1.81. The normalized spacial score (nSPS) is 12.4. The summed E-state index contributed by atoms with van der Waals surface area (Å²) in [4.78, 5) is 4.28. The first kappa shape index (κ1) is 12.6.